The van der Waals surface area contributed by atoms with Gasteiger partial charge in [0.1, 0.15) is 11.6 Å². The number of anilines is 1. The topological polar surface area (TPSA) is 46.1 Å². The van der Waals surface area contributed by atoms with E-state index in [9.17, 15) is 13.6 Å². The predicted molar refractivity (Wildman–Crippen MR) is 75.6 cm³/mol. The molecule has 20 heavy (non-hydrogen) atoms. The summed E-state index contributed by atoms with van der Waals surface area (Å²) >= 11 is 2.43. The molecule has 0 N–H and O–H groups in total. The van der Waals surface area contributed by atoms with Crippen LogP contribution in [0.25, 0.3) is 0 Å². The van der Waals surface area contributed by atoms with E-state index in [1.807, 2.05) is 14.1 Å². The Kier molecular flexibility index (Phi) is 4.66. The number of aromatic nitrogens is 2. The highest BCUT2D eigenvalue weighted by atomic mass is 32.2. The molecule has 106 valence electrons. The number of carbonyl (C=O) groups is 1. The first-order chi connectivity index (χ1) is 9.49. The smallest absolute Gasteiger partial charge is 0.208 e. The molecule has 0 fully saturated rings. The number of nitrogens with zero attached hydrogens (tertiary/aromatic N) is 3. The standard InChI is InChI=1S/C12H11F2N3OS2/c1-17(2)11-15-16-12(20-11)19-6-9(18)10-7(13)4-3-5-8(10)14/h3-5H,6H2,1-2H3. The van der Waals surface area contributed by atoms with Crippen molar-refractivity contribution in [3.05, 3.63) is 35.4 Å². The molecule has 0 spiro atoms. The number of rotatable bonds is 5. The van der Waals surface area contributed by atoms with Crippen LogP contribution in [0.2, 0.25) is 0 Å². The Morgan fingerprint density at radius 3 is 2.50 bits per heavy atom. The predicted octanol–water partition coefficient (Wildman–Crippen LogP) is 2.86. The summed E-state index contributed by atoms with van der Waals surface area (Å²) in [6.45, 7) is 0. The van der Waals surface area contributed by atoms with Gasteiger partial charge in [-0.3, -0.25) is 4.79 Å². The summed E-state index contributed by atoms with van der Waals surface area (Å²) in [4.78, 5) is 13.6. The lowest BCUT2D eigenvalue weighted by Gasteiger charge is -2.04. The molecule has 0 atom stereocenters. The van der Waals surface area contributed by atoms with Crippen molar-refractivity contribution in [3.8, 4) is 0 Å². The molecule has 2 aromatic rings. The van der Waals surface area contributed by atoms with Crippen molar-refractivity contribution in [1.29, 1.82) is 0 Å². The van der Waals surface area contributed by atoms with Crippen molar-refractivity contribution >= 4 is 34.0 Å². The second kappa shape index (κ2) is 6.27. The molecule has 0 aliphatic rings. The van der Waals surface area contributed by atoms with E-state index < -0.39 is 23.0 Å². The largest absolute Gasteiger partial charge is 0.353 e. The van der Waals surface area contributed by atoms with Gasteiger partial charge in [-0.2, -0.15) is 0 Å². The Bertz CT molecular complexity index is 611. The summed E-state index contributed by atoms with van der Waals surface area (Å²) in [7, 11) is 3.66. The zero-order valence-electron chi connectivity index (χ0n) is 10.8. The lowest BCUT2D eigenvalue weighted by atomic mass is 10.1. The first-order valence-electron chi connectivity index (χ1n) is 5.60. The minimum Gasteiger partial charge on any atom is -0.353 e. The van der Waals surface area contributed by atoms with Crippen molar-refractivity contribution < 1.29 is 13.6 Å². The first-order valence-corrected chi connectivity index (χ1v) is 7.40. The van der Waals surface area contributed by atoms with Gasteiger partial charge in [0.2, 0.25) is 5.13 Å². The van der Waals surface area contributed by atoms with Crippen LogP contribution in [-0.4, -0.2) is 35.8 Å². The van der Waals surface area contributed by atoms with E-state index in [0.29, 0.717) is 9.47 Å². The van der Waals surface area contributed by atoms with E-state index in [-0.39, 0.29) is 5.75 Å². The van der Waals surface area contributed by atoms with Crippen LogP contribution in [-0.2, 0) is 0 Å². The van der Waals surface area contributed by atoms with Gasteiger partial charge in [0.25, 0.3) is 0 Å². The quantitative estimate of drug-likeness (QED) is 0.627. The maximum Gasteiger partial charge on any atom is 0.208 e. The molecule has 1 aromatic carbocycles. The molecule has 0 radical (unpaired) electrons. The Morgan fingerprint density at radius 1 is 1.30 bits per heavy atom. The highest BCUT2D eigenvalue weighted by Gasteiger charge is 2.18. The van der Waals surface area contributed by atoms with Gasteiger partial charge in [0.05, 0.1) is 11.3 Å². The van der Waals surface area contributed by atoms with Gasteiger partial charge in [-0.05, 0) is 12.1 Å². The fourth-order valence-electron chi connectivity index (χ4n) is 1.41. The average molecular weight is 315 g/mol. The third-order valence-electron chi connectivity index (χ3n) is 2.35. The summed E-state index contributed by atoms with van der Waals surface area (Å²) in [5.41, 5.74) is -0.502. The second-order valence-corrected chi connectivity index (χ2v) is 6.23. The van der Waals surface area contributed by atoms with Crippen LogP contribution in [0.3, 0.4) is 0 Å². The number of Topliss-reactive ketones (excluding diaryl/α,β-unsaturated/α-hetero) is 1. The molecule has 0 unspecified atom stereocenters. The molecule has 0 bridgehead atoms. The summed E-state index contributed by atoms with van der Waals surface area (Å²) < 4.78 is 27.5. The van der Waals surface area contributed by atoms with Gasteiger partial charge in [-0.15, -0.1) is 10.2 Å². The maximum absolute atomic E-state index is 13.4. The van der Waals surface area contributed by atoms with Crippen LogP contribution >= 0.6 is 23.1 Å². The van der Waals surface area contributed by atoms with Gasteiger partial charge in [-0.25, -0.2) is 8.78 Å². The summed E-state index contributed by atoms with van der Waals surface area (Å²) in [6.07, 6.45) is 0. The van der Waals surface area contributed by atoms with E-state index in [1.165, 1.54) is 17.4 Å². The Morgan fingerprint density at radius 2 is 1.95 bits per heavy atom. The molecule has 1 aromatic heterocycles. The first kappa shape index (κ1) is 14.9. The maximum atomic E-state index is 13.4. The van der Waals surface area contributed by atoms with Crippen LogP contribution in [0.5, 0.6) is 0 Å². The van der Waals surface area contributed by atoms with Crippen molar-refractivity contribution in [2.24, 2.45) is 0 Å². The van der Waals surface area contributed by atoms with Crippen LogP contribution < -0.4 is 4.90 Å². The molecule has 0 amide bonds. The Labute approximate surface area is 122 Å². The van der Waals surface area contributed by atoms with Gasteiger partial charge in [0.15, 0.2) is 10.1 Å². The zero-order chi connectivity index (χ0) is 14.7. The van der Waals surface area contributed by atoms with Gasteiger partial charge >= 0.3 is 0 Å². The van der Waals surface area contributed by atoms with E-state index in [1.54, 1.807) is 4.90 Å². The summed E-state index contributed by atoms with van der Waals surface area (Å²) in [5.74, 6) is -2.38. The fourth-order valence-corrected chi connectivity index (χ4v) is 3.04. The monoisotopic (exact) mass is 315 g/mol. The van der Waals surface area contributed by atoms with E-state index in [2.05, 4.69) is 10.2 Å². The minimum atomic E-state index is -0.846. The summed E-state index contributed by atoms with van der Waals surface area (Å²) in [5, 5.41) is 8.52. The SMILES string of the molecule is CN(C)c1nnc(SCC(=O)c2c(F)cccc2F)s1. The van der Waals surface area contributed by atoms with Crippen LogP contribution in [0.4, 0.5) is 13.9 Å². The molecule has 8 heteroatoms. The van der Waals surface area contributed by atoms with E-state index >= 15 is 0 Å². The Balaban J connectivity index is 2.05. The summed E-state index contributed by atoms with van der Waals surface area (Å²) in [6, 6.07) is 3.36. The van der Waals surface area contributed by atoms with Crippen LogP contribution in [0.1, 0.15) is 10.4 Å². The Hall–Kier alpha value is -1.54. The van der Waals surface area contributed by atoms with Crippen molar-refractivity contribution in [2.45, 2.75) is 4.34 Å². The lowest BCUT2D eigenvalue weighted by Crippen LogP contribution is -2.08. The van der Waals surface area contributed by atoms with Crippen molar-refractivity contribution in [2.75, 3.05) is 24.7 Å². The van der Waals surface area contributed by atoms with Gasteiger partial charge < -0.3 is 4.90 Å². The van der Waals surface area contributed by atoms with Crippen molar-refractivity contribution in [1.82, 2.24) is 10.2 Å². The molecule has 0 saturated carbocycles. The molecule has 0 aliphatic carbocycles. The minimum absolute atomic E-state index is 0.0834. The zero-order valence-corrected chi connectivity index (χ0v) is 12.4. The third kappa shape index (κ3) is 3.31. The van der Waals surface area contributed by atoms with E-state index in [4.69, 9.17) is 0 Å². The normalized spacial score (nSPS) is 10.6. The number of carbonyl (C=O) groups excluding carboxylic acids is 1. The third-order valence-corrected chi connectivity index (χ3v) is 4.57. The number of benzene rings is 1. The molecule has 0 aliphatic heterocycles. The molecule has 4 nitrogen and oxygen atoms in total. The number of ketones is 1. The number of hydrogen-bond acceptors (Lipinski definition) is 6. The average Bonchev–Trinajstić information content (AvgIpc) is 2.85. The van der Waals surface area contributed by atoms with Gasteiger partial charge in [-0.1, -0.05) is 29.2 Å². The fraction of sp³-hybridized carbons (Fsp3) is 0.250. The van der Waals surface area contributed by atoms with Crippen molar-refractivity contribution in [3.63, 3.8) is 0 Å². The highest BCUT2D eigenvalue weighted by molar-refractivity contribution is 8.01. The van der Waals surface area contributed by atoms with E-state index in [0.717, 1.165) is 23.9 Å². The van der Waals surface area contributed by atoms with Crippen LogP contribution in [0, 0.1) is 11.6 Å². The van der Waals surface area contributed by atoms with Gasteiger partial charge in [0, 0.05) is 14.1 Å². The number of halogens is 2. The second-order valence-electron chi connectivity index (χ2n) is 4.05. The molecule has 1 heterocycles. The molecule has 2 rings (SSSR count). The molecular weight excluding hydrogens is 304 g/mol. The number of thioether (sulfide) groups is 1. The lowest BCUT2D eigenvalue weighted by molar-refractivity contribution is 0.101. The molecule has 0 saturated heterocycles. The molecular formula is C12H11F2N3OS2. The number of hydrogen-bond donors (Lipinski definition) is 0. The highest BCUT2D eigenvalue weighted by Crippen LogP contribution is 2.27. The van der Waals surface area contributed by atoms with Crippen LogP contribution in [0.15, 0.2) is 22.5 Å².